The Labute approximate surface area is 256 Å². The van der Waals surface area contributed by atoms with Crippen molar-refractivity contribution in [3.8, 4) is 33.4 Å². The van der Waals surface area contributed by atoms with Gasteiger partial charge in [-0.1, -0.05) is 115 Å². The molecule has 0 aliphatic carbocycles. The molecule has 0 saturated carbocycles. The minimum atomic E-state index is 0.860. The molecular weight excluding hydrogens is 536 g/mol. The first kappa shape index (κ1) is 25.8. The molecule has 0 fully saturated rings. The van der Waals surface area contributed by atoms with Crippen LogP contribution < -0.4 is 4.90 Å². The van der Waals surface area contributed by atoms with E-state index in [0.29, 0.717) is 0 Å². The standard InChI is InChI=1S/C41H28N2O/c1-3-9-29(10-4-1)31-15-21-34(22-16-31)43(35-23-17-32(18-24-35)30-11-5-2-6-12-30)36-25-19-33(20-26-36)38-27-42-28-39-37-13-7-8-14-40(37)44-41(38)39/h1-28H. The van der Waals surface area contributed by atoms with Gasteiger partial charge in [0.15, 0.2) is 0 Å². The largest absolute Gasteiger partial charge is 0.455 e. The zero-order valence-corrected chi connectivity index (χ0v) is 24.0. The van der Waals surface area contributed by atoms with Gasteiger partial charge in [0.05, 0.1) is 0 Å². The number of benzene rings is 6. The fourth-order valence-corrected chi connectivity index (χ4v) is 5.95. The molecule has 0 aliphatic rings. The maximum absolute atomic E-state index is 6.30. The van der Waals surface area contributed by atoms with E-state index in [1.165, 1.54) is 22.3 Å². The molecule has 0 atom stereocenters. The van der Waals surface area contributed by atoms with Crippen LogP contribution >= 0.6 is 0 Å². The van der Waals surface area contributed by atoms with Gasteiger partial charge < -0.3 is 9.32 Å². The number of anilines is 3. The van der Waals surface area contributed by atoms with Gasteiger partial charge >= 0.3 is 0 Å². The number of hydrogen-bond acceptors (Lipinski definition) is 3. The third-order valence-electron chi connectivity index (χ3n) is 8.19. The first-order valence-corrected chi connectivity index (χ1v) is 14.8. The molecule has 8 aromatic rings. The first-order chi connectivity index (χ1) is 21.8. The van der Waals surface area contributed by atoms with E-state index >= 15 is 0 Å². The Kier molecular flexibility index (Phi) is 6.47. The average Bonchev–Trinajstić information content (AvgIpc) is 3.49. The van der Waals surface area contributed by atoms with E-state index < -0.39 is 0 Å². The second-order valence-corrected chi connectivity index (χ2v) is 10.9. The lowest BCUT2D eigenvalue weighted by atomic mass is 10.0. The van der Waals surface area contributed by atoms with Crippen molar-refractivity contribution in [3.05, 3.63) is 170 Å². The number of para-hydroxylation sites is 1. The van der Waals surface area contributed by atoms with Crippen LogP contribution in [0.25, 0.3) is 55.3 Å². The highest BCUT2D eigenvalue weighted by atomic mass is 16.3. The SMILES string of the molecule is c1ccc(-c2ccc(N(c3ccc(-c4ccccc4)cc3)c3ccc(-c4cncc5c4oc4ccccc45)cc3)cc2)cc1. The zero-order chi connectivity index (χ0) is 29.3. The normalized spacial score (nSPS) is 11.2. The van der Waals surface area contributed by atoms with Crippen molar-refractivity contribution in [3.63, 3.8) is 0 Å². The van der Waals surface area contributed by atoms with Crippen LogP contribution in [-0.4, -0.2) is 4.98 Å². The highest BCUT2D eigenvalue weighted by molar-refractivity contribution is 6.09. The average molecular weight is 565 g/mol. The fraction of sp³-hybridized carbons (Fsp3) is 0. The summed E-state index contributed by atoms with van der Waals surface area (Å²) in [6.07, 6.45) is 3.78. The van der Waals surface area contributed by atoms with E-state index in [1.807, 2.05) is 42.7 Å². The molecule has 0 saturated heterocycles. The number of fused-ring (bicyclic) bond motifs is 3. The monoisotopic (exact) mass is 564 g/mol. The summed E-state index contributed by atoms with van der Waals surface area (Å²) in [5.41, 5.74) is 11.8. The molecule has 0 amide bonds. The molecule has 0 bridgehead atoms. The van der Waals surface area contributed by atoms with Crippen LogP contribution in [0.3, 0.4) is 0 Å². The predicted octanol–water partition coefficient (Wildman–Crippen LogP) is 11.5. The molecule has 0 unspecified atom stereocenters. The van der Waals surface area contributed by atoms with Crippen molar-refractivity contribution >= 4 is 39.0 Å². The maximum Gasteiger partial charge on any atom is 0.146 e. The molecule has 208 valence electrons. The van der Waals surface area contributed by atoms with Crippen LogP contribution in [0, 0.1) is 0 Å². The van der Waals surface area contributed by atoms with Crippen molar-refractivity contribution < 1.29 is 4.42 Å². The Morgan fingerprint density at radius 3 is 1.39 bits per heavy atom. The minimum absolute atomic E-state index is 0.860. The second kappa shape index (κ2) is 11.0. The van der Waals surface area contributed by atoms with E-state index in [0.717, 1.165) is 50.1 Å². The lowest BCUT2D eigenvalue weighted by Crippen LogP contribution is -2.09. The van der Waals surface area contributed by atoms with Gasteiger partial charge in [-0.25, -0.2) is 0 Å². The third kappa shape index (κ3) is 4.71. The van der Waals surface area contributed by atoms with E-state index in [4.69, 9.17) is 4.42 Å². The van der Waals surface area contributed by atoms with Crippen molar-refractivity contribution in [2.75, 3.05) is 4.90 Å². The van der Waals surface area contributed by atoms with E-state index in [9.17, 15) is 0 Å². The Morgan fingerprint density at radius 2 is 0.841 bits per heavy atom. The maximum atomic E-state index is 6.30. The number of hydrogen-bond donors (Lipinski definition) is 0. The molecule has 0 aliphatic heterocycles. The molecule has 3 nitrogen and oxygen atoms in total. The Balaban J connectivity index is 1.19. The van der Waals surface area contributed by atoms with Gasteiger partial charge in [-0.15, -0.1) is 0 Å². The molecular formula is C41H28N2O. The summed E-state index contributed by atoms with van der Waals surface area (Å²) in [5, 5.41) is 2.11. The Hall–Kier alpha value is -5.93. The third-order valence-corrected chi connectivity index (χ3v) is 8.19. The predicted molar refractivity (Wildman–Crippen MR) is 183 cm³/mol. The molecule has 44 heavy (non-hydrogen) atoms. The van der Waals surface area contributed by atoms with Crippen LogP contribution in [0.15, 0.2) is 175 Å². The fourth-order valence-electron chi connectivity index (χ4n) is 5.95. The van der Waals surface area contributed by atoms with Crippen molar-refractivity contribution in [1.82, 2.24) is 4.98 Å². The van der Waals surface area contributed by atoms with Crippen LogP contribution in [0.1, 0.15) is 0 Å². The molecule has 6 aromatic carbocycles. The molecule has 0 spiro atoms. The minimum Gasteiger partial charge on any atom is -0.455 e. The Bertz CT molecular complexity index is 2100. The smallest absolute Gasteiger partial charge is 0.146 e. The number of rotatable bonds is 6. The van der Waals surface area contributed by atoms with Gasteiger partial charge in [-0.05, 0) is 70.3 Å². The molecule has 2 aromatic heterocycles. The first-order valence-electron chi connectivity index (χ1n) is 14.8. The van der Waals surface area contributed by atoms with Crippen LogP contribution in [0.4, 0.5) is 17.1 Å². The topological polar surface area (TPSA) is 29.3 Å². The van der Waals surface area contributed by atoms with Gasteiger partial charge in [-0.2, -0.15) is 0 Å². The van der Waals surface area contributed by atoms with Gasteiger partial charge in [0.1, 0.15) is 11.2 Å². The highest BCUT2D eigenvalue weighted by Gasteiger charge is 2.16. The summed E-state index contributed by atoms with van der Waals surface area (Å²) in [6, 6.07) is 55.3. The summed E-state index contributed by atoms with van der Waals surface area (Å²) in [7, 11) is 0. The molecule has 2 heterocycles. The molecule has 3 heteroatoms. The number of pyridine rings is 1. The van der Waals surface area contributed by atoms with Crippen molar-refractivity contribution in [2.45, 2.75) is 0 Å². The Morgan fingerprint density at radius 1 is 0.386 bits per heavy atom. The van der Waals surface area contributed by atoms with Crippen LogP contribution in [-0.2, 0) is 0 Å². The summed E-state index contributed by atoms with van der Waals surface area (Å²) in [4.78, 5) is 6.86. The van der Waals surface area contributed by atoms with E-state index in [1.54, 1.807) is 0 Å². The number of nitrogens with zero attached hydrogens (tertiary/aromatic N) is 2. The second-order valence-electron chi connectivity index (χ2n) is 10.9. The highest BCUT2D eigenvalue weighted by Crippen LogP contribution is 2.39. The lowest BCUT2D eigenvalue weighted by Gasteiger charge is -2.26. The van der Waals surface area contributed by atoms with E-state index in [-0.39, 0.29) is 0 Å². The number of furan rings is 1. The van der Waals surface area contributed by atoms with E-state index in [2.05, 4.69) is 137 Å². The van der Waals surface area contributed by atoms with Crippen molar-refractivity contribution in [2.24, 2.45) is 0 Å². The summed E-state index contributed by atoms with van der Waals surface area (Å²) in [5.74, 6) is 0. The quantitative estimate of drug-likeness (QED) is 0.201. The van der Waals surface area contributed by atoms with Gasteiger partial charge in [0.2, 0.25) is 0 Å². The van der Waals surface area contributed by atoms with Crippen molar-refractivity contribution in [1.29, 1.82) is 0 Å². The van der Waals surface area contributed by atoms with Crippen LogP contribution in [0.5, 0.6) is 0 Å². The number of aromatic nitrogens is 1. The molecule has 8 rings (SSSR count). The lowest BCUT2D eigenvalue weighted by molar-refractivity contribution is 0.669. The summed E-state index contributed by atoms with van der Waals surface area (Å²) >= 11 is 0. The summed E-state index contributed by atoms with van der Waals surface area (Å²) < 4.78 is 6.30. The molecule has 0 radical (unpaired) electrons. The van der Waals surface area contributed by atoms with Gasteiger partial charge in [0, 0.05) is 45.8 Å². The van der Waals surface area contributed by atoms with Crippen LogP contribution in [0.2, 0.25) is 0 Å². The zero-order valence-electron chi connectivity index (χ0n) is 24.0. The van der Waals surface area contributed by atoms with Gasteiger partial charge in [-0.3, -0.25) is 4.98 Å². The molecule has 0 N–H and O–H groups in total. The van der Waals surface area contributed by atoms with Gasteiger partial charge in [0.25, 0.3) is 0 Å². The summed E-state index contributed by atoms with van der Waals surface area (Å²) in [6.45, 7) is 0.